The lowest BCUT2D eigenvalue weighted by molar-refractivity contribution is -0.132. The minimum Gasteiger partial charge on any atom is -0.337 e. The topological polar surface area (TPSA) is 63.9 Å². The molecule has 1 atom stereocenters. The second kappa shape index (κ2) is 6.32. The standard InChI is InChI=1S/C17H21N5OS/c1-10-6-14-8-19-22(17(14)18-7-10)9-15(23)21(5)12(3)16-11(2)20-13(4)24-16/h6-8,12H,9H2,1-5H3. The van der Waals surface area contributed by atoms with E-state index >= 15 is 0 Å². The number of likely N-dealkylation sites (N-methyl/N-ethyl adjacent to an activating group) is 1. The second-order valence-corrected chi connectivity index (χ2v) is 7.33. The Bertz CT molecular complexity index is 898. The summed E-state index contributed by atoms with van der Waals surface area (Å²) in [6.07, 6.45) is 3.55. The van der Waals surface area contributed by atoms with Gasteiger partial charge in [-0.3, -0.25) is 4.79 Å². The van der Waals surface area contributed by atoms with Crippen LogP contribution < -0.4 is 0 Å². The maximum absolute atomic E-state index is 12.7. The molecule has 0 aliphatic rings. The van der Waals surface area contributed by atoms with Crippen LogP contribution in [0.15, 0.2) is 18.5 Å². The summed E-state index contributed by atoms with van der Waals surface area (Å²) in [7, 11) is 1.82. The first-order valence-corrected chi connectivity index (χ1v) is 8.66. The summed E-state index contributed by atoms with van der Waals surface area (Å²) >= 11 is 1.64. The van der Waals surface area contributed by atoms with E-state index in [1.165, 1.54) is 0 Å². The summed E-state index contributed by atoms with van der Waals surface area (Å²) in [5.41, 5.74) is 2.81. The van der Waals surface area contributed by atoms with Gasteiger partial charge >= 0.3 is 0 Å². The van der Waals surface area contributed by atoms with Crippen molar-refractivity contribution in [2.75, 3.05) is 7.05 Å². The summed E-state index contributed by atoms with van der Waals surface area (Å²) < 4.78 is 1.66. The van der Waals surface area contributed by atoms with Gasteiger partial charge in [0.05, 0.1) is 22.9 Å². The third-order valence-corrected chi connectivity index (χ3v) is 5.43. The maximum Gasteiger partial charge on any atom is 0.244 e. The highest BCUT2D eigenvalue weighted by atomic mass is 32.1. The van der Waals surface area contributed by atoms with E-state index in [1.807, 2.05) is 40.8 Å². The summed E-state index contributed by atoms with van der Waals surface area (Å²) in [5.74, 6) is 0.000304. The van der Waals surface area contributed by atoms with Gasteiger partial charge in [-0.15, -0.1) is 11.3 Å². The highest BCUT2D eigenvalue weighted by molar-refractivity contribution is 7.11. The van der Waals surface area contributed by atoms with Gasteiger partial charge in [-0.2, -0.15) is 5.10 Å². The van der Waals surface area contributed by atoms with Gasteiger partial charge in [0.25, 0.3) is 0 Å². The van der Waals surface area contributed by atoms with Crippen LogP contribution >= 0.6 is 11.3 Å². The van der Waals surface area contributed by atoms with Crippen molar-refractivity contribution in [3.63, 3.8) is 0 Å². The van der Waals surface area contributed by atoms with E-state index in [0.29, 0.717) is 0 Å². The third-order valence-electron chi connectivity index (χ3n) is 4.19. The van der Waals surface area contributed by atoms with Crippen LogP contribution in [-0.2, 0) is 11.3 Å². The van der Waals surface area contributed by atoms with Crippen molar-refractivity contribution in [3.8, 4) is 0 Å². The monoisotopic (exact) mass is 343 g/mol. The van der Waals surface area contributed by atoms with Gasteiger partial charge in [-0.25, -0.2) is 14.6 Å². The molecule has 0 radical (unpaired) electrons. The Labute approximate surface area is 145 Å². The highest BCUT2D eigenvalue weighted by Gasteiger charge is 2.22. The van der Waals surface area contributed by atoms with Gasteiger partial charge in [0.2, 0.25) is 5.91 Å². The van der Waals surface area contributed by atoms with E-state index in [4.69, 9.17) is 0 Å². The molecular formula is C17H21N5OS. The predicted molar refractivity (Wildman–Crippen MR) is 95.0 cm³/mol. The first kappa shape index (κ1) is 16.6. The Balaban J connectivity index is 1.79. The molecular weight excluding hydrogens is 322 g/mol. The van der Waals surface area contributed by atoms with Crippen LogP contribution in [0.5, 0.6) is 0 Å². The number of hydrogen-bond donors (Lipinski definition) is 0. The largest absolute Gasteiger partial charge is 0.337 e. The van der Waals surface area contributed by atoms with Crippen molar-refractivity contribution in [2.24, 2.45) is 0 Å². The zero-order chi connectivity index (χ0) is 17.4. The lowest BCUT2D eigenvalue weighted by atomic mass is 10.2. The van der Waals surface area contributed by atoms with Gasteiger partial charge in [-0.1, -0.05) is 0 Å². The number of hydrogen-bond acceptors (Lipinski definition) is 5. The van der Waals surface area contributed by atoms with Crippen molar-refractivity contribution in [2.45, 2.75) is 40.3 Å². The van der Waals surface area contributed by atoms with Crippen LogP contribution in [0.1, 0.15) is 34.1 Å². The smallest absolute Gasteiger partial charge is 0.244 e. The fourth-order valence-electron chi connectivity index (χ4n) is 2.76. The molecule has 3 rings (SSSR count). The first-order chi connectivity index (χ1) is 11.4. The van der Waals surface area contributed by atoms with E-state index < -0.39 is 0 Å². The first-order valence-electron chi connectivity index (χ1n) is 7.84. The number of fused-ring (bicyclic) bond motifs is 1. The van der Waals surface area contributed by atoms with Crippen molar-refractivity contribution < 1.29 is 4.79 Å². The second-order valence-electron chi connectivity index (χ2n) is 6.09. The molecule has 7 heteroatoms. The van der Waals surface area contributed by atoms with E-state index in [0.717, 1.165) is 32.2 Å². The Hall–Kier alpha value is -2.28. The van der Waals surface area contributed by atoms with Crippen LogP contribution in [-0.4, -0.2) is 37.6 Å². The summed E-state index contributed by atoms with van der Waals surface area (Å²) in [5, 5.41) is 6.28. The average Bonchev–Trinajstić information content (AvgIpc) is 3.08. The van der Waals surface area contributed by atoms with Crippen LogP contribution in [0.2, 0.25) is 0 Å². The Kier molecular flexibility index (Phi) is 4.36. The molecule has 3 aromatic heterocycles. The van der Waals surface area contributed by atoms with Crippen molar-refractivity contribution in [1.82, 2.24) is 24.6 Å². The van der Waals surface area contributed by atoms with Crippen molar-refractivity contribution >= 4 is 28.3 Å². The molecule has 0 aliphatic carbocycles. The number of aromatic nitrogens is 4. The Morgan fingerprint density at radius 3 is 2.75 bits per heavy atom. The molecule has 0 aromatic carbocycles. The van der Waals surface area contributed by atoms with Crippen LogP contribution in [0.3, 0.4) is 0 Å². The van der Waals surface area contributed by atoms with E-state index in [-0.39, 0.29) is 18.5 Å². The zero-order valence-corrected chi connectivity index (χ0v) is 15.4. The van der Waals surface area contributed by atoms with Crippen LogP contribution in [0.4, 0.5) is 0 Å². The number of carbonyl (C=O) groups is 1. The quantitative estimate of drug-likeness (QED) is 0.730. The number of amides is 1. The number of carbonyl (C=O) groups excluding carboxylic acids is 1. The summed E-state index contributed by atoms with van der Waals surface area (Å²) in [6.45, 7) is 8.17. The highest BCUT2D eigenvalue weighted by Crippen LogP contribution is 2.28. The van der Waals surface area contributed by atoms with Gasteiger partial charge in [0.1, 0.15) is 6.54 Å². The number of nitrogens with zero attached hydrogens (tertiary/aromatic N) is 5. The summed E-state index contributed by atoms with van der Waals surface area (Å²) in [4.78, 5) is 24.4. The fraction of sp³-hybridized carbons (Fsp3) is 0.412. The van der Waals surface area contributed by atoms with E-state index in [9.17, 15) is 4.79 Å². The minimum atomic E-state index is -0.0132. The average molecular weight is 343 g/mol. The molecule has 0 fully saturated rings. The molecule has 0 N–H and O–H groups in total. The molecule has 3 heterocycles. The van der Waals surface area contributed by atoms with Gasteiger partial charge < -0.3 is 4.90 Å². The number of rotatable bonds is 4. The minimum absolute atomic E-state index is 0.000304. The number of pyridine rings is 1. The lowest BCUT2D eigenvalue weighted by Gasteiger charge is -2.24. The maximum atomic E-state index is 12.7. The molecule has 0 spiro atoms. The molecule has 126 valence electrons. The van der Waals surface area contributed by atoms with E-state index in [1.54, 1.807) is 33.3 Å². The molecule has 1 unspecified atom stereocenters. The molecule has 0 bridgehead atoms. The van der Waals surface area contributed by atoms with Crippen LogP contribution in [0, 0.1) is 20.8 Å². The van der Waals surface area contributed by atoms with Crippen molar-refractivity contribution in [1.29, 1.82) is 0 Å². The SMILES string of the molecule is Cc1cnc2c(cnn2CC(=O)N(C)C(C)c2sc(C)nc2C)c1. The predicted octanol–water partition coefficient (Wildman–Crippen LogP) is 3.03. The van der Waals surface area contributed by atoms with Crippen LogP contribution in [0.25, 0.3) is 11.0 Å². The molecule has 24 heavy (non-hydrogen) atoms. The Morgan fingerprint density at radius 2 is 2.08 bits per heavy atom. The van der Waals surface area contributed by atoms with E-state index in [2.05, 4.69) is 15.1 Å². The third kappa shape index (κ3) is 3.03. The van der Waals surface area contributed by atoms with Gasteiger partial charge in [0, 0.05) is 23.5 Å². The molecule has 1 amide bonds. The molecule has 0 saturated carbocycles. The molecule has 0 saturated heterocycles. The summed E-state index contributed by atoms with van der Waals surface area (Å²) in [6, 6.07) is 2.01. The van der Waals surface area contributed by atoms with Gasteiger partial charge in [-0.05, 0) is 39.3 Å². The zero-order valence-electron chi connectivity index (χ0n) is 14.6. The normalized spacial score (nSPS) is 12.5. The fourth-order valence-corrected chi connectivity index (χ4v) is 3.79. The van der Waals surface area contributed by atoms with Crippen molar-refractivity contribution in [3.05, 3.63) is 39.6 Å². The molecule has 3 aromatic rings. The number of aryl methyl sites for hydroxylation is 3. The molecule has 0 aliphatic heterocycles. The van der Waals surface area contributed by atoms with Gasteiger partial charge in [0.15, 0.2) is 5.65 Å². The Morgan fingerprint density at radius 1 is 1.33 bits per heavy atom. The molecule has 6 nitrogen and oxygen atoms in total. The lowest BCUT2D eigenvalue weighted by Crippen LogP contribution is -2.32. The number of thiazole rings is 1.